The summed E-state index contributed by atoms with van der Waals surface area (Å²) in [6.45, 7) is 16.4. The highest BCUT2D eigenvalue weighted by Gasteiger charge is 2.36. The van der Waals surface area contributed by atoms with E-state index in [0.29, 0.717) is 18.6 Å². The smallest absolute Gasteiger partial charge is 0.303 e. The number of aliphatic hydroxyl groups excluding tert-OH is 1. The van der Waals surface area contributed by atoms with E-state index in [-0.39, 0.29) is 26.1 Å². The molecular formula is C31H44O6Si. The molecule has 3 N–H and O–H groups in total. The van der Waals surface area contributed by atoms with Crippen LogP contribution in [0.1, 0.15) is 50.7 Å². The van der Waals surface area contributed by atoms with Crippen molar-refractivity contribution in [1.29, 1.82) is 0 Å². The zero-order valence-electron chi connectivity index (χ0n) is 23.3. The lowest BCUT2D eigenvalue weighted by atomic mass is 9.99. The molecule has 0 aliphatic carbocycles. The minimum atomic E-state index is -2.31. The molecule has 38 heavy (non-hydrogen) atoms. The Balaban J connectivity index is 2.36. The highest BCUT2D eigenvalue weighted by atomic mass is 28.3. The van der Waals surface area contributed by atoms with Gasteiger partial charge in [0.2, 0.25) is 0 Å². The van der Waals surface area contributed by atoms with Crippen LogP contribution >= 0.6 is 0 Å². The molecular weight excluding hydrogens is 496 g/mol. The van der Waals surface area contributed by atoms with E-state index in [1.807, 2.05) is 52.0 Å². The highest BCUT2D eigenvalue weighted by Crippen LogP contribution is 2.26. The van der Waals surface area contributed by atoms with Crippen LogP contribution in [0.2, 0.25) is 12.1 Å². The fraction of sp³-hybridized carbons (Fsp3) is 0.452. The highest BCUT2D eigenvalue weighted by molar-refractivity contribution is 7.02. The van der Waals surface area contributed by atoms with Crippen molar-refractivity contribution < 1.29 is 29.6 Å². The minimum Gasteiger partial charge on any atom is -0.491 e. The zero-order valence-corrected chi connectivity index (χ0v) is 24.3. The molecule has 0 aliphatic heterocycles. The molecule has 0 fully saturated rings. The molecule has 6 nitrogen and oxygen atoms in total. The van der Waals surface area contributed by atoms with E-state index >= 15 is 0 Å². The number of aryl methyl sites for hydroxylation is 2. The average molecular weight is 541 g/mol. The van der Waals surface area contributed by atoms with E-state index in [0.717, 1.165) is 29.0 Å². The molecule has 7 heteroatoms. The third-order valence-corrected chi connectivity index (χ3v) is 12.2. The number of carbonyl (C=O) groups is 1. The summed E-state index contributed by atoms with van der Waals surface area (Å²) in [5.74, 6) is 0.506. The van der Waals surface area contributed by atoms with Gasteiger partial charge in [0.05, 0.1) is 11.7 Å². The van der Waals surface area contributed by atoms with Crippen LogP contribution in [0.25, 0.3) is 0 Å². The monoisotopic (exact) mass is 540 g/mol. The van der Waals surface area contributed by atoms with Gasteiger partial charge in [0.25, 0.3) is 0 Å². The van der Waals surface area contributed by atoms with Gasteiger partial charge in [-0.05, 0) is 68.5 Å². The summed E-state index contributed by atoms with van der Waals surface area (Å²) in [5, 5.41) is 32.0. The molecule has 0 amide bonds. The predicted octanol–water partition coefficient (Wildman–Crippen LogP) is 4.77. The fourth-order valence-corrected chi connectivity index (χ4v) is 8.88. The van der Waals surface area contributed by atoms with Crippen molar-refractivity contribution in [2.45, 2.75) is 77.2 Å². The van der Waals surface area contributed by atoms with E-state index in [2.05, 4.69) is 37.4 Å². The quantitative estimate of drug-likeness (QED) is 0.198. The largest absolute Gasteiger partial charge is 0.491 e. The average Bonchev–Trinajstić information content (AvgIpc) is 2.90. The lowest BCUT2D eigenvalue weighted by Gasteiger charge is -2.32. The second kappa shape index (κ2) is 14.3. The molecule has 0 radical (unpaired) electrons. The maximum Gasteiger partial charge on any atom is 0.303 e. The summed E-state index contributed by atoms with van der Waals surface area (Å²) >= 11 is 0. The van der Waals surface area contributed by atoms with Crippen LogP contribution in [0.5, 0.6) is 11.5 Å². The summed E-state index contributed by atoms with van der Waals surface area (Å²) in [5.41, 5.74) is 1.14. The Morgan fingerprint density at radius 1 is 0.974 bits per heavy atom. The van der Waals surface area contributed by atoms with Crippen molar-refractivity contribution in [3.63, 3.8) is 0 Å². The van der Waals surface area contributed by atoms with E-state index < -0.39 is 25.7 Å². The Bertz CT molecular complexity index is 1080. The van der Waals surface area contributed by atoms with E-state index in [4.69, 9.17) is 14.6 Å². The van der Waals surface area contributed by atoms with Crippen LogP contribution in [-0.4, -0.2) is 54.3 Å². The number of aliphatic carboxylic acids is 1. The summed E-state index contributed by atoms with van der Waals surface area (Å²) in [6.07, 6.45) is 4.45. The van der Waals surface area contributed by atoms with E-state index in [1.54, 1.807) is 0 Å². The molecule has 0 spiro atoms. The van der Waals surface area contributed by atoms with Gasteiger partial charge in [0.1, 0.15) is 32.8 Å². The SMILES string of the molecule is C=CC[Si](CC=C)(c1ccc(OC[C@@H](O)CCC(=O)O)c(C)c1)c1ccc(OCC(O)(CC)CC)c(C)c1. The Kier molecular flexibility index (Phi) is 11.8. The predicted molar refractivity (Wildman–Crippen MR) is 157 cm³/mol. The first-order chi connectivity index (χ1) is 18.0. The molecule has 0 bridgehead atoms. The summed E-state index contributed by atoms with van der Waals surface area (Å²) in [6, 6.07) is 14.2. The number of rotatable bonds is 17. The normalized spacial score (nSPS) is 12.6. The standard InChI is InChI=1S/C31H44O6Si/c1-7-17-38(18-8-2,27-13-15-29(24(6)20-27)37-22-31(35,9-3)10-4)26-12-14-28(23(5)19-26)36-21-25(32)11-16-30(33)34/h7-8,12-15,19-20,25,32,35H,1-2,9-11,16-18,21-22H2,3-6H3,(H,33,34)/t25-/m0/s1. The number of ether oxygens (including phenoxy) is 2. The first-order valence-electron chi connectivity index (χ1n) is 13.4. The van der Waals surface area contributed by atoms with Crippen LogP contribution in [0, 0.1) is 13.8 Å². The Morgan fingerprint density at radius 3 is 1.89 bits per heavy atom. The van der Waals surface area contributed by atoms with Crippen molar-refractivity contribution in [2.75, 3.05) is 13.2 Å². The lowest BCUT2D eigenvalue weighted by Crippen LogP contribution is -2.57. The molecule has 2 aromatic carbocycles. The third kappa shape index (κ3) is 8.06. The van der Waals surface area contributed by atoms with Crippen LogP contribution in [0.15, 0.2) is 61.7 Å². The number of aliphatic hydroxyl groups is 2. The zero-order chi connectivity index (χ0) is 28.3. The molecule has 0 heterocycles. The van der Waals surface area contributed by atoms with Crippen molar-refractivity contribution >= 4 is 24.4 Å². The van der Waals surface area contributed by atoms with Crippen molar-refractivity contribution in [3.05, 3.63) is 72.8 Å². The summed E-state index contributed by atoms with van der Waals surface area (Å²) in [7, 11) is -2.31. The number of carboxylic acids is 1. The van der Waals surface area contributed by atoms with Gasteiger partial charge in [-0.1, -0.05) is 60.6 Å². The van der Waals surface area contributed by atoms with Gasteiger partial charge in [0, 0.05) is 6.42 Å². The van der Waals surface area contributed by atoms with Gasteiger partial charge >= 0.3 is 5.97 Å². The van der Waals surface area contributed by atoms with Crippen molar-refractivity contribution in [1.82, 2.24) is 0 Å². The second-order valence-corrected chi connectivity index (χ2v) is 14.3. The Morgan fingerprint density at radius 2 is 1.47 bits per heavy atom. The van der Waals surface area contributed by atoms with E-state index in [1.165, 1.54) is 10.4 Å². The molecule has 208 valence electrons. The molecule has 0 aromatic heterocycles. The maximum absolute atomic E-state index is 10.7. The lowest BCUT2D eigenvalue weighted by molar-refractivity contribution is -0.137. The fourth-order valence-electron chi connectivity index (χ4n) is 4.66. The third-order valence-electron chi connectivity index (χ3n) is 7.38. The molecule has 0 aliphatic rings. The second-order valence-electron chi connectivity index (χ2n) is 10.1. The number of allylic oxidation sites excluding steroid dienone is 2. The van der Waals surface area contributed by atoms with Crippen molar-refractivity contribution in [2.24, 2.45) is 0 Å². The molecule has 0 saturated carbocycles. The molecule has 1 atom stereocenters. The number of hydrogen-bond donors (Lipinski definition) is 3. The van der Waals surface area contributed by atoms with Crippen LogP contribution in [-0.2, 0) is 4.79 Å². The van der Waals surface area contributed by atoms with Crippen LogP contribution in [0.3, 0.4) is 0 Å². The summed E-state index contributed by atoms with van der Waals surface area (Å²) < 4.78 is 11.9. The Labute approximate surface area is 228 Å². The Hall–Kier alpha value is -2.87. The van der Waals surface area contributed by atoms with Gasteiger partial charge in [-0.15, -0.1) is 13.2 Å². The van der Waals surface area contributed by atoms with Gasteiger partial charge in [-0.2, -0.15) is 0 Å². The minimum absolute atomic E-state index is 0.0429. The van der Waals surface area contributed by atoms with Crippen LogP contribution in [0.4, 0.5) is 0 Å². The molecule has 2 rings (SSSR count). The van der Waals surface area contributed by atoms with Gasteiger partial charge < -0.3 is 24.8 Å². The van der Waals surface area contributed by atoms with Gasteiger partial charge in [0.15, 0.2) is 0 Å². The first kappa shape index (κ1) is 31.3. The van der Waals surface area contributed by atoms with Crippen molar-refractivity contribution in [3.8, 4) is 11.5 Å². The maximum atomic E-state index is 10.7. The topological polar surface area (TPSA) is 96.2 Å². The van der Waals surface area contributed by atoms with E-state index in [9.17, 15) is 15.0 Å². The first-order valence-corrected chi connectivity index (χ1v) is 15.8. The molecule has 0 saturated heterocycles. The number of carboxylic acid groups (broad SMARTS) is 1. The number of benzene rings is 2. The molecule has 2 aromatic rings. The number of hydrogen-bond acceptors (Lipinski definition) is 5. The summed E-state index contributed by atoms with van der Waals surface area (Å²) in [4.78, 5) is 10.7. The van der Waals surface area contributed by atoms with Gasteiger partial charge in [-0.3, -0.25) is 4.79 Å². The molecule has 0 unspecified atom stereocenters. The van der Waals surface area contributed by atoms with Crippen LogP contribution < -0.4 is 19.8 Å². The van der Waals surface area contributed by atoms with Gasteiger partial charge in [-0.25, -0.2) is 0 Å².